The van der Waals surface area contributed by atoms with Crippen molar-refractivity contribution in [1.82, 2.24) is 20.1 Å². The minimum Gasteiger partial charge on any atom is -0.305 e. The second kappa shape index (κ2) is 5.42. The van der Waals surface area contributed by atoms with Crippen LogP contribution in [0.2, 0.25) is 0 Å². The van der Waals surface area contributed by atoms with Gasteiger partial charge in [0.2, 0.25) is 0 Å². The van der Waals surface area contributed by atoms with Crippen molar-refractivity contribution in [3.8, 4) is 0 Å². The number of pyridine rings is 1. The minimum absolute atomic E-state index is 0.107. The van der Waals surface area contributed by atoms with E-state index in [-0.39, 0.29) is 6.04 Å². The summed E-state index contributed by atoms with van der Waals surface area (Å²) in [5, 5.41) is 7.71. The largest absolute Gasteiger partial charge is 0.305 e. The van der Waals surface area contributed by atoms with Crippen LogP contribution in [0.4, 0.5) is 0 Å². The van der Waals surface area contributed by atoms with E-state index in [1.54, 1.807) is 6.20 Å². The molecule has 1 N–H and O–H groups in total. The Labute approximate surface area is 109 Å². The summed E-state index contributed by atoms with van der Waals surface area (Å²) in [5.74, 6) is 0. The summed E-state index contributed by atoms with van der Waals surface area (Å²) in [4.78, 5) is 4.17. The molecule has 0 saturated carbocycles. The lowest BCUT2D eigenvalue weighted by Crippen LogP contribution is -2.24. The van der Waals surface area contributed by atoms with Crippen molar-refractivity contribution in [3.63, 3.8) is 0 Å². The Kier molecular flexibility index (Phi) is 3.91. The molecule has 4 nitrogen and oxygen atoms in total. The molecule has 0 saturated heterocycles. The third kappa shape index (κ3) is 2.56. The molecule has 5 heteroatoms. The van der Waals surface area contributed by atoms with Crippen LogP contribution in [-0.4, -0.2) is 21.3 Å². The van der Waals surface area contributed by atoms with Gasteiger partial charge in [0.15, 0.2) is 0 Å². The van der Waals surface area contributed by atoms with Crippen LogP contribution in [0.3, 0.4) is 0 Å². The zero-order chi connectivity index (χ0) is 12.3. The van der Waals surface area contributed by atoms with Crippen LogP contribution in [0.1, 0.15) is 24.2 Å². The highest BCUT2D eigenvalue weighted by atomic mass is 79.9. The maximum Gasteiger partial charge on any atom is 0.0774 e. The van der Waals surface area contributed by atoms with Crippen LogP contribution in [0.5, 0.6) is 0 Å². The molecule has 2 heterocycles. The second-order valence-corrected chi connectivity index (χ2v) is 4.63. The first kappa shape index (κ1) is 12.3. The smallest absolute Gasteiger partial charge is 0.0774 e. The van der Waals surface area contributed by atoms with Crippen LogP contribution in [-0.2, 0) is 7.05 Å². The Morgan fingerprint density at radius 1 is 1.47 bits per heavy atom. The zero-order valence-electron chi connectivity index (χ0n) is 9.89. The number of halogens is 1. The van der Waals surface area contributed by atoms with Gasteiger partial charge in [-0.05, 0) is 34.1 Å². The number of hydrogen-bond acceptors (Lipinski definition) is 3. The number of nitrogens with one attached hydrogen (secondary N) is 1. The van der Waals surface area contributed by atoms with Crippen molar-refractivity contribution in [2.24, 2.45) is 7.05 Å². The maximum absolute atomic E-state index is 4.25. The molecular formula is C12H15BrN4. The summed E-state index contributed by atoms with van der Waals surface area (Å²) in [6, 6.07) is 4.12. The molecule has 0 spiro atoms. The van der Waals surface area contributed by atoms with Crippen LogP contribution in [0.15, 0.2) is 35.2 Å². The van der Waals surface area contributed by atoms with E-state index in [1.165, 1.54) is 0 Å². The number of nitrogens with zero attached hydrogens (tertiary/aromatic N) is 3. The molecule has 2 rings (SSSR count). The highest BCUT2D eigenvalue weighted by Gasteiger charge is 2.19. The summed E-state index contributed by atoms with van der Waals surface area (Å²) in [5.41, 5.74) is 2.25. The van der Waals surface area contributed by atoms with E-state index in [0.717, 1.165) is 22.3 Å². The maximum atomic E-state index is 4.25. The Morgan fingerprint density at radius 3 is 2.82 bits per heavy atom. The molecule has 0 aliphatic rings. The van der Waals surface area contributed by atoms with Gasteiger partial charge in [0, 0.05) is 19.4 Å². The van der Waals surface area contributed by atoms with Gasteiger partial charge in [0.25, 0.3) is 0 Å². The lowest BCUT2D eigenvalue weighted by atomic mass is 10.1. The van der Waals surface area contributed by atoms with Gasteiger partial charge in [-0.3, -0.25) is 9.67 Å². The molecule has 2 aromatic heterocycles. The third-order valence-electron chi connectivity index (χ3n) is 2.64. The van der Waals surface area contributed by atoms with Crippen molar-refractivity contribution >= 4 is 15.9 Å². The number of aromatic nitrogens is 3. The van der Waals surface area contributed by atoms with Crippen molar-refractivity contribution in [2.75, 3.05) is 6.54 Å². The fraction of sp³-hybridized carbons (Fsp3) is 0.333. The van der Waals surface area contributed by atoms with Crippen LogP contribution in [0.25, 0.3) is 0 Å². The molecule has 1 unspecified atom stereocenters. The van der Waals surface area contributed by atoms with E-state index in [1.807, 2.05) is 30.2 Å². The van der Waals surface area contributed by atoms with Gasteiger partial charge in [0.1, 0.15) is 0 Å². The predicted octanol–water partition coefficient (Wildman–Crippen LogP) is 2.28. The molecule has 0 aliphatic heterocycles. The second-order valence-electron chi connectivity index (χ2n) is 3.78. The first-order chi connectivity index (χ1) is 8.24. The lowest BCUT2D eigenvalue weighted by Gasteiger charge is -2.19. The summed E-state index contributed by atoms with van der Waals surface area (Å²) in [7, 11) is 1.95. The average Bonchev–Trinajstić information content (AvgIpc) is 2.68. The van der Waals surface area contributed by atoms with Crippen molar-refractivity contribution in [1.29, 1.82) is 0 Å². The molecule has 0 aromatic carbocycles. The molecular weight excluding hydrogens is 280 g/mol. The quantitative estimate of drug-likeness (QED) is 0.941. The van der Waals surface area contributed by atoms with E-state index in [9.17, 15) is 0 Å². The van der Waals surface area contributed by atoms with Gasteiger partial charge < -0.3 is 5.32 Å². The van der Waals surface area contributed by atoms with E-state index in [4.69, 9.17) is 0 Å². The first-order valence-electron chi connectivity index (χ1n) is 5.54. The number of aryl methyl sites for hydroxylation is 1. The van der Waals surface area contributed by atoms with Gasteiger partial charge >= 0.3 is 0 Å². The van der Waals surface area contributed by atoms with E-state index >= 15 is 0 Å². The Bertz CT molecular complexity index is 461. The van der Waals surface area contributed by atoms with Crippen LogP contribution in [0, 0.1) is 0 Å². The monoisotopic (exact) mass is 294 g/mol. The lowest BCUT2D eigenvalue weighted by molar-refractivity contribution is 0.569. The molecule has 0 amide bonds. The topological polar surface area (TPSA) is 42.7 Å². The normalized spacial score (nSPS) is 12.6. The van der Waals surface area contributed by atoms with Gasteiger partial charge in [-0.1, -0.05) is 13.0 Å². The highest BCUT2D eigenvalue weighted by Crippen LogP contribution is 2.27. The first-order valence-corrected chi connectivity index (χ1v) is 6.34. The summed E-state index contributed by atoms with van der Waals surface area (Å²) < 4.78 is 2.89. The van der Waals surface area contributed by atoms with Gasteiger partial charge in [-0.25, -0.2) is 0 Å². The Hall–Kier alpha value is -1.20. The minimum atomic E-state index is 0.107. The molecule has 1 atom stereocenters. The van der Waals surface area contributed by atoms with Crippen LogP contribution < -0.4 is 5.32 Å². The van der Waals surface area contributed by atoms with E-state index in [2.05, 4.69) is 44.3 Å². The fourth-order valence-corrected chi connectivity index (χ4v) is 2.45. The molecule has 0 radical (unpaired) electrons. The van der Waals surface area contributed by atoms with Crippen molar-refractivity contribution < 1.29 is 0 Å². The Morgan fingerprint density at radius 2 is 2.29 bits per heavy atom. The van der Waals surface area contributed by atoms with Gasteiger partial charge in [0.05, 0.1) is 22.4 Å². The Balaban J connectivity index is 2.43. The molecule has 2 aromatic rings. The standard InChI is InChI=1S/C12H15BrN4/c1-3-15-11(9-5-4-6-14-7-9)12-10(13)8-16-17(12)2/h4-8,11,15H,3H2,1-2H3. The molecule has 0 bridgehead atoms. The van der Waals surface area contributed by atoms with Crippen LogP contribution >= 0.6 is 15.9 Å². The number of rotatable bonds is 4. The third-order valence-corrected chi connectivity index (χ3v) is 3.25. The summed E-state index contributed by atoms with van der Waals surface area (Å²) in [6.07, 6.45) is 5.48. The SMILES string of the molecule is CCNC(c1cccnc1)c1c(Br)cnn1C. The van der Waals surface area contributed by atoms with Crippen molar-refractivity contribution in [2.45, 2.75) is 13.0 Å². The molecule has 17 heavy (non-hydrogen) atoms. The van der Waals surface area contributed by atoms with E-state index in [0.29, 0.717) is 0 Å². The number of hydrogen-bond donors (Lipinski definition) is 1. The van der Waals surface area contributed by atoms with Gasteiger partial charge in [-0.15, -0.1) is 0 Å². The summed E-state index contributed by atoms with van der Waals surface area (Å²) in [6.45, 7) is 2.98. The predicted molar refractivity (Wildman–Crippen MR) is 70.7 cm³/mol. The van der Waals surface area contributed by atoms with E-state index < -0.39 is 0 Å². The molecule has 90 valence electrons. The average molecular weight is 295 g/mol. The fourth-order valence-electron chi connectivity index (χ4n) is 1.87. The zero-order valence-corrected chi connectivity index (χ0v) is 11.5. The molecule has 0 aliphatic carbocycles. The van der Waals surface area contributed by atoms with Gasteiger partial charge in [-0.2, -0.15) is 5.10 Å². The van der Waals surface area contributed by atoms with Crippen molar-refractivity contribution in [3.05, 3.63) is 46.5 Å². The highest BCUT2D eigenvalue weighted by molar-refractivity contribution is 9.10. The molecule has 0 fully saturated rings. The summed E-state index contributed by atoms with van der Waals surface area (Å²) >= 11 is 3.54.